The van der Waals surface area contributed by atoms with E-state index in [-0.39, 0.29) is 18.3 Å². The highest BCUT2D eigenvalue weighted by molar-refractivity contribution is 5.93. The van der Waals surface area contributed by atoms with Crippen LogP contribution in [-0.2, 0) is 13.1 Å². The van der Waals surface area contributed by atoms with Crippen molar-refractivity contribution in [3.05, 3.63) is 59.5 Å². The number of benzene rings is 1. The van der Waals surface area contributed by atoms with Gasteiger partial charge < -0.3 is 15.1 Å². The van der Waals surface area contributed by atoms with Crippen molar-refractivity contribution in [2.75, 3.05) is 7.05 Å². The van der Waals surface area contributed by atoms with Gasteiger partial charge in [-0.25, -0.2) is 0 Å². The minimum atomic E-state index is -0.0647. The fourth-order valence-corrected chi connectivity index (χ4v) is 1.66. The molecule has 0 atom stereocenters. The van der Waals surface area contributed by atoms with Crippen LogP contribution in [0.3, 0.4) is 0 Å². The molecule has 0 aliphatic carbocycles. The van der Waals surface area contributed by atoms with Gasteiger partial charge >= 0.3 is 0 Å². The van der Waals surface area contributed by atoms with Crippen molar-refractivity contribution in [1.82, 2.24) is 10.6 Å². The molecule has 1 heterocycles. The molecule has 5 heteroatoms. The van der Waals surface area contributed by atoms with Crippen molar-refractivity contribution in [2.24, 2.45) is 0 Å². The number of nitrogens with one attached hydrogen (secondary N) is 2. The first-order valence-corrected chi connectivity index (χ1v) is 5.83. The molecule has 1 aromatic heterocycles. The highest BCUT2D eigenvalue weighted by Gasteiger charge is 2.02. The summed E-state index contributed by atoms with van der Waals surface area (Å²) in [4.78, 5) is 11.4. The topological polar surface area (TPSA) is 54.3 Å². The second-order valence-electron chi connectivity index (χ2n) is 3.96. The van der Waals surface area contributed by atoms with E-state index >= 15 is 0 Å². The van der Waals surface area contributed by atoms with Gasteiger partial charge in [0, 0.05) is 19.2 Å². The summed E-state index contributed by atoms with van der Waals surface area (Å²) in [6.45, 7) is 1.44. The smallest absolute Gasteiger partial charge is 0.251 e. The summed E-state index contributed by atoms with van der Waals surface area (Å²) >= 11 is 0. The number of halogens is 1. The Bertz CT molecular complexity index is 495. The zero-order valence-electron chi connectivity index (χ0n) is 10.7. The third-order valence-corrected chi connectivity index (χ3v) is 2.65. The third-order valence-electron chi connectivity index (χ3n) is 2.65. The van der Waals surface area contributed by atoms with E-state index in [9.17, 15) is 4.79 Å². The second-order valence-corrected chi connectivity index (χ2v) is 3.96. The molecule has 2 rings (SSSR count). The Morgan fingerprint density at radius 3 is 2.47 bits per heavy atom. The predicted octanol–water partition coefficient (Wildman–Crippen LogP) is 2.35. The lowest BCUT2D eigenvalue weighted by atomic mass is 10.1. The molecule has 4 nitrogen and oxygen atoms in total. The summed E-state index contributed by atoms with van der Waals surface area (Å²) in [6.07, 6.45) is 1.66. The number of carbonyl (C=O) groups is 1. The number of carbonyl (C=O) groups excluding carboxylic acids is 1. The van der Waals surface area contributed by atoms with Crippen molar-refractivity contribution in [3.8, 4) is 0 Å². The van der Waals surface area contributed by atoms with E-state index in [0.29, 0.717) is 12.1 Å². The Morgan fingerprint density at radius 2 is 1.89 bits per heavy atom. The molecule has 0 unspecified atom stereocenters. The number of amides is 1. The molecule has 0 fully saturated rings. The van der Waals surface area contributed by atoms with E-state index in [0.717, 1.165) is 17.9 Å². The Balaban J connectivity index is 0.00000180. The molecular formula is C14H17ClN2O2. The van der Waals surface area contributed by atoms with Gasteiger partial charge in [0.15, 0.2) is 0 Å². The number of rotatable bonds is 5. The Hall–Kier alpha value is -1.78. The zero-order valence-corrected chi connectivity index (χ0v) is 11.5. The minimum absolute atomic E-state index is 0. The number of hydrogen-bond acceptors (Lipinski definition) is 3. The first-order chi connectivity index (χ1) is 8.79. The highest BCUT2D eigenvalue weighted by atomic mass is 35.5. The monoisotopic (exact) mass is 280 g/mol. The first-order valence-electron chi connectivity index (χ1n) is 5.83. The van der Waals surface area contributed by atoms with Crippen molar-refractivity contribution in [2.45, 2.75) is 13.1 Å². The van der Waals surface area contributed by atoms with Crippen LogP contribution in [-0.4, -0.2) is 13.0 Å². The van der Waals surface area contributed by atoms with E-state index in [1.807, 2.05) is 36.4 Å². The molecule has 0 aliphatic heterocycles. The third kappa shape index (κ3) is 4.43. The molecule has 0 saturated heterocycles. The standard InChI is InChI=1S/C14H16N2O2.ClH/c1-15-14(17)12-6-4-11(5-7-12)9-16-10-13-3-2-8-18-13;/h2-8,16H,9-10H2,1H3,(H,15,17);1H. The predicted molar refractivity (Wildman–Crippen MR) is 76.3 cm³/mol. The molecule has 0 bridgehead atoms. The second kappa shape index (κ2) is 7.61. The summed E-state index contributed by atoms with van der Waals surface area (Å²) < 4.78 is 5.22. The lowest BCUT2D eigenvalue weighted by molar-refractivity contribution is 0.0963. The molecule has 2 aromatic rings. The van der Waals surface area contributed by atoms with Gasteiger partial charge in [-0.1, -0.05) is 12.1 Å². The van der Waals surface area contributed by atoms with Crippen LogP contribution in [0.4, 0.5) is 0 Å². The van der Waals surface area contributed by atoms with Crippen LogP contribution in [0.15, 0.2) is 47.1 Å². The van der Waals surface area contributed by atoms with Gasteiger partial charge in [-0.15, -0.1) is 12.4 Å². The highest BCUT2D eigenvalue weighted by Crippen LogP contribution is 2.05. The van der Waals surface area contributed by atoms with Gasteiger partial charge in [-0.2, -0.15) is 0 Å². The molecule has 19 heavy (non-hydrogen) atoms. The molecule has 0 saturated carbocycles. The molecule has 0 aliphatic rings. The zero-order chi connectivity index (χ0) is 12.8. The van der Waals surface area contributed by atoms with Gasteiger partial charge in [-0.3, -0.25) is 4.79 Å². The average molecular weight is 281 g/mol. The van der Waals surface area contributed by atoms with E-state index < -0.39 is 0 Å². The fraction of sp³-hybridized carbons (Fsp3) is 0.214. The summed E-state index contributed by atoms with van der Waals surface area (Å²) in [6, 6.07) is 11.3. The summed E-state index contributed by atoms with van der Waals surface area (Å²) in [5.41, 5.74) is 1.81. The fourth-order valence-electron chi connectivity index (χ4n) is 1.66. The lowest BCUT2D eigenvalue weighted by Crippen LogP contribution is -2.18. The van der Waals surface area contributed by atoms with Crippen LogP contribution in [0, 0.1) is 0 Å². The molecule has 2 N–H and O–H groups in total. The van der Waals surface area contributed by atoms with Crippen LogP contribution in [0.2, 0.25) is 0 Å². The van der Waals surface area contributed by atoms with Crippen molar-refractivity contribution >= 4 is 18.3 Å². The minimum Gasteiger partial charge on any atom is -0.468 e. The summed E-state index contributed by atoms with van der Waals surface area (Å²) in [5.74, 6) is 0.849. The summed E-state index contributed by atoms with van der Waals surface area (Å²) in [5, 5.41) is 5.87. The number of furan rings is 1. The normalized spacial score (nSPS) is 9.74. The van der Waals surface area contributed by atoms with Gasteiger partial charge in [0.25, 0.3) is 5.91 Å². The molecule has 1 aromatic carbocycles. The van der Waals surface area contributed by atoms with Gasteiger partial charge in [-0.05, 0) is 29.8 Å². The maximum absolute atomic E-state index is 11.4. The molecule has 0 radical (unpaired) electrons. The average Bonchev–Trinajstić information content (AvgIpc) is 2.92. The maximum atomic E-state index is 11.4. The number of hydrogen-bond donors (Lipinski definition) is 2. The van der Waals surface area contributed by atoms with Crippen LogP contribution in [0.5, 0.6) is 0 Å². The molecular weight excluding hydrogens is 264 g/mol. The van der Waals surface area contributed by atoms with Gasteiger partial charge in [0.2, 0.25) is 0 Å². The van der Waals surface area contributed by atoms with E-state index in [1.165, 1.54) is 0 Å². The SMILES string of the molecule is CNC(=O)c1ccc(CNCc2ccco2)cc1.Cl. The molecule has 0 spiro atoms. The van der Waals surface area contributed by atoms with E-state index in [1.54, 1.807) is 13.3 Å². The van der Waals surface area contributed by atoms with E-state index in [4.69, 9.17) is 4.42 Å². The van der Waals surface area contributed by atoms with E-state index in [2.05, 4.69) is 10.6 Å². The summed E-state index contributed by atoms with van der Waals surface area (Å²) in [7, 11) is 1.63. The van der Waals surface area contributed by atoms with Crippen LogP contribution >= 0.6 is 12.4 Å². The van der Waals surface area contributed by atoms with Crippen molar-refractivity contribution in [1.29, 1.82) is 0 Å². The van der Waals surface area contributed by atoms with Crippen LogP contribution in [0.1, 0.15) is 21.7 Å². The maximum Gasteiger partial charge on any atom is 0.251 e. The van der Waals surface area contributed by atoms with Crippen molar-refractivity contribution in [3.63, 3.8) is 0 Å². The quantitative estimate of drug-likeness (QED) is 0.884. The Labute approximate surface area is 118 Å². The molecule has 102 valence electrons. The molecule has 1 amide bonds. The van der Waals surface area contributed by atoms with Crippen LogP contribution in [0.25, 0.3) is 0 Å². The first kappa shape index (κ1) is 15.3. The Morgan fingerprint density at radius 1 is 1.16 bits per heavy atom. The van der Waals surface area contributed by atoms with Crippen LogP contribution < -0.4 is 10.6 Å². The van der Waals surface area contributed by atoms with Gasteiger partial charge in [0.05, 0.1) is 12.8 Å². The van der Waals surface area contributed by atoms with Crippen molar-refractivity contribution < 1.29 is 9.21 Å². The van der Waals surface area contributed by atoms with Gasteiger partial charge in [0.1, 0.15) is 5.76 Å². The Kier molecular flexibility index (Phi) is 6.12. The largest absolute Gasteiger partial charge is 0.468 e. The lowest BCUT2D eigenvalue weighted by Gasteiger charge is -2.04.